The zero-order chi connectivity index (χ0) is 9.80. The summed E-state index contributed by atoms with van der Waals surface area (Å²) in [5, 5.41) is 3.23. The van der Waals surface area contributed by atoms with E-state index in [0.717, 1.165) is 31.9 Å². The van der Waals surface area contributed by atoms with Crippen LogP contribution in [0.5, 0.6) is 0 Å². The summed E-state index contributed by atoms with van der Waals surface area (Å²) in [7, 11) is 0. The Morgan fingerprint density at radius 2 is 2.13 bits per heavy atom. The number of aromatic nitrogens is 1. The number of halogens is 1. The zero-order valence-electron chi connectivity index (χ0n) is 8.53. The molecule has 0 aliphatic carbocycles. The first kappa shape index (κ1) is 12.1. The largest absolute Gasteiger partial charge is 0.365 e. The normalized spacial score (nSPS) is 15.9. The number of hydrogen-bond donors (Lipinski definition) is 2. The minimum absolute atomic E-state index is 0. The Morgan fingerprint density at radius 3 is 2.73 bits per heavy atom. The number of carbonyl (C=O) groups is 1. The maximum Gasteiger partial charge on any atom is 0.228 e. The smallest absolute Gasteiger partial charge is 0.228 e. The molecular formula is C10H16ClN3O. The maximum atomic E-state index is 11.7. The summed E-state index contributed by atoms with van der Waals surface area (Å²) in [6.07, 6.45) is 2.34. The van der Waals surface area contributed by atoms with E-state index >= 15 is 0 Å². The fourth-order valence-electron chi connectivity index (χ4n) is 1.67. The predicted molar refractivity (Wildman–Crippen MR) is 61.2 cm³/mol. The average molecular weight is 230 g/mol. The molecule has 4 nitrogen and oxygen atoms in total. The lowest BCUT2D eigenvalue weighted by Crippen LogP contribution is -2.46. The van der Waals surface area contributed by atoms with Gasteiger partial charge in [-0.1, -0.05) is 0 Å². The molecule has 0 radical (unpaired) electrons. The molecule has 1 aromatic rings. The van der Waals surface area contributed by atoms with E-state index in [1.54, 1.807) is 0 Å². The van der Waals surface area contributed by atoms with Crippen LogP contribution in [-0.2, 0) is 11.2 Å². The Morgan fingerprint density at radius 1 is 1.40 bits per heavy atom. The van der Waals surface area contributed by atoms with Gasteiger partial charge in [-0.3, -0.25) is 4.79 Å². The van der Waals surface area contributed by atoms with Crippen LogP contribution in [0.25, 0.3) is 0 Å². The zero-order valence-corrected chi connectivity index (χ0v) is 9.35. The molecule has 0 bridgehead atoms. The summed E-state index contributed by atoms with van der Waals surface area (Å²) in [4.78, 5) is 16.7. The van der Waals surface area contributed by atoms with Crippen molar-refractivity contribution in [2.24, 2.45) is 0 Å². The van der Waals surface area contributed by atoms with E-state index in [2.05, 4.69) is 10.3 Å². The standard InChI is InChI=1S/C10H15N3O.ClH/c14-10(8-9-2-1-3-12-9)13-6-4-11-5-7-13;/h1-3,11-12H,4-8H2;1H. The Bertz CT molecular complexity index is 294. The summed E-state index contributed by atoms with van der Waals surface area (Å²) < 4.78 is 0. The van der Waals surface area contributed by atoms with Crippen LogP contribution in [-0.4, -0.2) is 42.0 Å². The Labute approximate surface area is 95.4 Å². The molecule has 1 aromatic heterocycles. The molecule has 1 aliphatic heterocycles. The average Bonchev–Trinajstić information content (AvgIpc) is 2.72. The number of carbonyl (C=O) groups excluding carboxylic acids is 1. The molecular weight excluding hydrogens is 214 g/mol. The van der Waals surface area contributed by atoms with Gasteiger partial charge in [0.2, 0.25) is 5.91 Å². The molecule has 5 heteroatoms. The molecule has 2 heterocycles. The third-order valence-electron chi connectivity index (χ3n) is 2.47. The van der Waals surface area contributed by atoms with Gasteiger partial charge >= 0.3 is 0 Å². The molecule has 2 rings (SSSR count). The molecule has 0 aromatic carbocycles. The van der Waals surface area contributed by atoms with Gasteiger partial charge in [-0.25, -0.2) is 0 Å². The lowest BCUT2D eigenvalue weighted by molar-refractivity contribution is -0.131. The first-order chi connectivity index (χ1) is 6.86. The van der Waals surface area contributed by atoms with Crippen molar-refractivity contribution in [3.63, 3.8) is 0 Å². The van der Waals surface area contributed by atoms with E-state index in [1.165, 1.54) is 0 Å². The van der Waals surface area contributed by atoms with Crippen LogP contribution in [0, 0.1) is 0 Å². The third-order valence-corrected chi connectivity index (χ3v) is 2.47. The van der Waals surface area contributed by atoms with E-state index in [1.807, 2.05) is 23.2 Å². The number of hydrogen-bond acceptors (Lipinski definition) is 2. The summed E-state index contributed by atoms with van der Waals surface area (Å²) in [5.41, 5.74) is 0.994. The lowest BCUT2D eigenvalue weighted by Gasteiger charge is -2.27. The Hall–Kier alpha value is -1.00. The molecule has 0 saturated carbocycles. The van der Waals surface area contributed by atoms with Crippen LogP contribution in [0.15, 0.2) is 18.3 Å². The van der Waals surface area contributed by atoms with Crippen LogP contribution in [0.3, 0.4) is 0 Å². The number of H-pyrrole nitrogens is 1. The molecule has 1 saturated heterocycles. The molecule has 0 spiro atoms. The summed E-state index contributed by atoms with van der Waals surface area (Å²) in [5.74, 6) is 0.217. The van der Waals surface area contributed by atoms with Gasteiger partial charge in [0.25, 0.3) is 0 Å². The second kappa shape index (κ2) is 5.78. The minimum Gasteiger partial charge on any atom is -0.365 e. The Balaban J connectivity index is 0.00000112. The monoisotopic (exact) mass is 229 g/mol. The van der Waals surface area contributed by atoms with Crippen molar-refractivity contribution in [1.29, 1.82) is 0 Å². The number of nitrogens with zero attached hydrogens (tertiary/aromatic N) is 1. The van der Waals surface area contributed by atoms with Crippen molar-refractivity contribution in [3.8, 4) is 0 Å². The Kier molecular flexibility index (Phi) is 4.65. The maximum absolute atomic E-state index is 11.7. The highest BCUT2D eigenvalue weighted by Gasteiger charge is 2.16. The topological polar surface area (TPSA) is 48.1 Å². The van der Waals surface area contributed by atoms with Crippen molar-refractivity contribution in [3.05, 3.63) is 24.0 Å². The summed E-state index contributed by atoms with van der Waals surface area (Å²) >= 11 is 0. The molecule has 2 N–H and O–H groups in total. The SMILES string of the molecule is Cl.O=C(Cc1ccc[nH]1)N1CCNCC1. The first-order valence-electron chi connectivity index (χ1n) is 4.97. The molecule has 0 unspecified atom stereocenters. The molecule has 15 heavy (non-hydrogen) atoms. The number of aromatic amines is 1. The van der Waals surface area contributed by atoms with Crippen LogP contribution < -0.4 is 5.32 Å². The van der Waals surface area contributed by atoms with Crippen molar-refractivity contribution in [1.82, 2.24) is 15.2 Å². The van der Waals surface area contributed by atoms with E-state index < -0.39 is 0 Å². The van der Waals surface area contributed by atoms with Crippen LogP contribution >= 0.6 is 12.4 Å². The van der Waals surface area contributed by atoms with Crippen LogP contribution in [0.2, 0.25) is 0 Å². The van der Waals surface area contributed by atoms with Gasteiger partial charge in [0.15, 0.2) is 0 Å². The fourth-order valence-corrected chi connectivity index (χ4v) is 1.67. The summed E-state index contributed by atoms with van der Waals surface area (Å²) in [6, 6.07) is 3.86. The second-order valence-electron chi connectivity index (χ2n) is 3.50. The van der Waals surface area contributed by atoms with Gasteiger partial charge in [-0.15, -0.1) is 12.4 Å². The van der Waals surface area contributed by atoms with Gasteiger partial charge in [0, 0.05) is 38.1 Å². The highest BCUT2D eigenvalue weighted by molar-refractivity contribution is 5.85. The number of piperazine rings is 1. The number of amides is 1. The molecule has 1 aliphatic rings. The fraction of sp³-hybridized carbons (Fsp3) is 0.500. The summed E-state index contributed by atoms with van der Waals surface area (Å²) in [6.45, 7) is 3.49. The van der Waals surface area contributed by atoms with Gasteiger partial charge in [0.1, 0.15) is 0 Å². The van der Waals surface area contributed by atoms with Crippen molar-refractivity contribution in [2.45, 2.75) is 6.42 Å². The minimum atomic E-state index is 0. The van der Waals surface area contributed by atoms with Gasteiger partial charge in [-0.05, 0) is 12.1 Å². The number of rotatable bonds is 2. The van der Waals surface area contributed by atoms with Crippen LogP contribution in [0.1, 0.15) is 5.69 Å². The number of nitrogens with one attached hydrogen (secondary N) is 2. The van der Waals surface area contributed by atoms with Gasteiger partial charge in [0.05, 0.1) is 6.42 Å². The molecule has 1 fully saturated rings. The van der Waals surface area contributed by atoms with Gasteiger partial charge < -0.3 is 15.2 Å². The first-order valence-corrected chi connectivity index (χ1v) is 4.97. The van der Waals surface area contributed by atoms with Crippen molar-refractivity contribution < 1.29 is 4.79 Å². The van der Waals surface area contributed by atoms with E-state index in [0.29, 0.717) is 6.42 Å². The lowest BCUT2D eigenvalue weighted by atomic mass is 10.2. The van der Waals surface area contributed by atoms with E-state index in [9.17, 15) is 4.79 Å². The highest BCUT2D eigenvalue weighted by atomic mass is 35.5. The van der Waals surface area contributed by atoms with Crippen molar-refractivity contribution in [2.75, 3.05) is 26.2 Å². The van der Waals surface area contributed by atoms with Crippen molar-refractivity contribution >= 4 is 18.3 Å². The highest BCUT2D eigenvalue weighted by Crippen LogP contribution is 2.01. The molecule has 84 valence electrons. The second-order valence-corrected chi connectivity index (χ2v) is 3.50. The predicted octanol–water partition coefficient (Wildman–Crippen LogP) is 0.411. The van der Waals surface area contributed by atoms with E-state index in [-0.39, 0.29) is 18.3 Å². The molecule has 1 amide bonds. The quantitative estimate of drug-likeness (QED) is 0.772. The van der Waals surface area contributed by atoms with Crippen LogP contribution in [0.4, 0.5) is 0 Å². The van der Waals surface area contributed by atoms with Gasteiger partial charge in [-0.2, -0.15) is 0 Å². The van der Waals surface area contributed by atoms with E-state index in [4.69, 9.17) is 0 Å². The third kappa shape index (κ3) is 3.25. The molecule has 0 atom stereocenters.